The van der Waals surface area contributed by atoms with Gasteiger partial charge >= 0.3 is 0 Å². The Kier molecular flexibility index (Phi) is 4.70. The zero-order valence-corrected chi connectivity index (χ0v) is 11.9. The highest BCUT2D eigenvalue weighted by Crippen LogP contribution is 2.15. The summed E-state index contributed by atoms with van der Waals surface area (Å²) in [7, 11) is 1.58. The third-order valence-corrected chi connectivity index (χ3v) is 2.78. The average molecular weight is 299 g/mol. The Morgan fingerprint density at radius 2 is 2.40 bits per heavy atom. The van der Waals surface area contributed by atoms with Crippen molar-refractivity contribution in [3.05, 3.63) is 17.5 Å². The van der Waals surface area contributed by atoms with E-state index in [9.17, 15) is 4.79 Å². The Morgan fingerprint density at radius 3 is 3.15 bits per heavy atom. The predicted molar refractivity (Wildman–Crippen MR) is 73.8 cm³/mol. The SMILES string of the molecule is COCCNC(=O)C(C)Nc1cc(Cl)nc2ncnn12. The molecule has 0 aliphatic heterocycles. The number of fused-ring (bicyclic) bond motifs is 1. The summed E-state index contributed by atoms with van der Waals surface area (Å²) in [5.74, 6) is 0.766. The molecule has 2 aromatic rings. The summed E-state index contributed by atoms with van der Waals surface area (Å²) in [4.78, 5) is 19.8. The van der Waals surface area contributed by atoms with Gasteiger partial charge in [0.05, 0.1) is 6.61 Å². The van der Waals surface area contributed by atoms with E-state index in [0.29, 0.717) is 24.7 Å². The Hall–Kier alpha value is -1.93. The molecule has 2 aromatic heterocycles. The van der Waals surface area contributed by atoms with Gasteiger partial charge in [-0.15, -0.1) is 0 Å². The summed E-state index contributed by atoms with van der Waals surface area (Å²) in [5, 5.41) is 10.1. The molecule has 0 fully saturated rings. The zero-order valence-electron chi connectivity index (χ0n) is 11.1. The van der Waals surface area contributed by atoms with Crippen molar-refractivity contribution in [3.63, 3.8) is 0 Å². The maximum Gasteiger partial charge on any atom is 0.255 e. The van der Waals surface area contributed by atoms with Crippen LogP contribution in [0.4, 0.5) is 5.82 Å². The lowest BCUT2D eigenvalue weighted by molar-refractivity contribution is -0.121. The van der Waals surface area contributed by atoms with E-state index >= 15 is 0 Å². The van der Waals surface area contributed by atoms with Gasteiger partial charge in [-0.25, -0.2) is 0 Å². The molecule has 0 aliphatic carbocycles. The van der Waals surface area contributed by atoms with Gasteiger partial charge in [0.1, 0.15) is 23.3 Å². The quantitative estimate of drug-likeness (QED) is 0.590. The summed E-state index contributed by atoms with van der Waals surface area (Å²) < 4.78 is 6.35. The number of hydrogen-bond acceptors (Lipinski definition) is 6. The summed E-state index contributed by atoms with van der Waals surface area (Å²) >= 11 is 5.90. The number of amides is 1. The van der Waals surface area contributed by atoms with Crippen LogP contribution in [-0.2, 0) is 9.53 Å². The van der Waals surface area contributed by atoms with E-state index in [4.69, 9.17) is 16.3 Å². The molecular weight excluding hydrogens is 284 g/mol. The highest BCUT2D eigenvalue weighted by Gasteiger charge is 2.15. The number of anilines is 1. The number of nitrogens with zero attached hydrogens (tertiary/aromatic N) is 4. The van der Waals surface area contributed by atoms with E-state index in [2.05, 4.69) is 25.7 Å². The highest BCUT2D eigenvalue weighted by molar-refractivity contribution is 6.29. The molecule has 8 nitrogen and oxygen atoms in total. The molecule has 108 valence electrons. The molecular formula is C11H15ClN6O2. The van der Waals surface area contributed by atoms with Gasteiger partial charge in [0.25, 0.3) is 5.78 Å². The van der Waals surface area contributed by atoms with Gasteiger partial charge in [-0.3, -0.25) is 4.79 Å². The lowest BCUT2D eigenvalue weighted by atomic mass is 10.3. The number of methoxy groups -OCH3 is 1. The molecule has 2 N–H and O–H groups in total. The van der Waals surface area contributed by atoms with Crippen molar-refractivity contribution in [2.75, 3.05) is 25.6 Å². The Morgan fingerprint density at radius 1 is 1.60 bits per heavy atom. The first-order valence-electron chi connectivity index (χ1n) is 6.01. The monoisotopic (exact) mass is 298 g/mol. The van der Waals surface area contributed by atoms with Crippen molar-refractivity contribution in [1.82, 2.24) is 24.9 Å². The molecule has 0 bridgehead atoms. The maximum absolute atomic E-state index is 11.9. The van der Waals surface area contributed by atoms with Crippen LogP contribution in [-0.4, -0.2) is 51.8 Å². The maximum atomic E-state index is 11.9. The number of ether oxygens (including phenoxy) is 1. The lowest BCUT2D eigenvalue weighted by Crippen LogP contribution is -2.39. The first-order chi connectivity index (χ1) is 9.61. The first kappa shape index (κ1) is 14.5. The molecule has 1 unspecified atom stereocenters. The summed E-state index contributed by atoms with van der Waals surface area (Å²) in [5.41, 5.74) is 0. The summed E-state index contributed by atoms with van der Waals surface area (Å²) in [6.07, 6.45) is 1.37. The molecule has 0 saturated heterocycles. The van der Waals surface area contributed by atoms with Crippen LogP contribution in [0.15, 0.2) is 12.4 Å². The second-order valence-electron chi connectivity index (χ2n) is 4.09. The minimum atomic E-state index is -0.460. The number of hydrogen-bond donors (Lipinski definition) is 2. The second kappa shape index (κ2) is 6.49. The molecule has 9 heteroatoms. The van der Waals surface area contributed by atoms with Crippen LogP contribution in [0.25, 0.3) is 5.78 Å². The van der Waals surface area contributed by atoms with Crippen LogP contribution in [0.1, 0.15) is 6.92 Å². The smallest absolute Gasteiger partial charge is 0.255 e. The van der Waals surface area contributed by atoms with Crippen molar-refractivity contribution >= 4 is 29.1 Å². The minimum absolute atomic E-state index is 0.150. The largest absolute Gasteiger partial charge is 0.383 e. The third kappa shape index (κ3) is 3.34. The summed E-state index contributed by atoms with van der Waals surface area (Å²) in [6, 6.07) is 1.13. The molecule has 2 heterocycles. The van der Waals surface area contributed by atoms with Crippen molar-refractivity contribution in [3.8, 4) is 0 Å². The number of halogens is 1. The topological polar surface area (TPSA) is 93.4 Å². The van der Waals surface area contributed by atoms with E-state index < -0.39 is 6.04 Å². The lowest BCUT2D eigenvalue weighted by Gasteiger charge is -2.15. The van der Waals surface area contributed by atoms with Crippen LogP contribution < -0.4 is 10.6 Å². The molecule has 0 spiro atoms. The first-order valence-corrected chi connectivity index (χ1v) is 6.39. The van der Waals surface area contributed by atoms with Gasteiger partial charge in [0, 0.05) is 19.7 Å². The number of rotatable bonds is 6. The van der Waals surface area contributed by atoms with Crippen molar-refractivity contribution < 1.29 is 9.53 Å². The van der Waals surface area contributed by atoms with Crippen LogP contribution in [0.3, 0.4) is 0 Å². The standard InChI is InChI=1S/C11H15ClN6O2/c1-7(10(19)13-3-4-20-2)16-9-5-8(12)17-11-14-6-15-18(9)11/h5-7,16H,3-4H2,1-2H3,(H,13,19). The number of carbonyl (C=O) groups excluding carboxylic acids is 1. The van der Waals surface area contributed by atoms with E-state index in [1.165, 1.54) is 10.8 Å². The van der Waals surface area contributed by atoms with Gasteiger partial charge in [0.2, 0.25) is 5.91 Å². The van der Waals surface area contributed by atoms with Crippen LogP contribution in [0.2, 0.25) is 5.15 Å². The van der Waals surface area contributed by atoms with Crippen LogP contribution >= 0.6 is 11.6 Å². The van der Waals surface area contributed by atoms with Crippen molar-refractivity contribution in [1.29, 1.82) is 0 Å². The Labute approximate surface area is 120 Å². The van der Waals surface area contributed by atoms with E-state index in [-0.39, 0.29) is 11.1 Å². The molecule has 1 atom stereocenters. The van der Waals surface area contributed by atoms with E-state index in [1.54, 1.807) is 20.1 Å². The van der Waals surface area contributed by atoms with Crippen molar-refractivity contribution in [2.45, 2.75) is 13.0 Å². The van der Waals surface area contributed by atoms with Gasteiger partial charge in [-0.2, -0.15) is 19.6 Å². The van der Waals surface area contributed by atoms with Gasteiger partial charge in [-0.05, 0) is 6.92 Å². The average Bonchev–Trinajstić information content (AvgIpc) is 2.86. The third-order valence-electron chi connectivity index (χ3n) is 2.58. The Balaban J connectivity index is 2.07. The molecule has 20 heavy (non-hydrogen) atoms. The predicted octanol–water partition coefficient (Wildman–Crippen LogP) is 0.341. The van der Waals surface area contributed by atoms with Gasteiger partial charge in [0.15, 0.2) is 0 Å². The van der Waals surface area contributed by atoms with E-state index in [0.717, 1.165) is 0 Å². The zero-order chi connectivity index (χ0) is 14.5. The molecule has 2 rings (SSSR count). The molecule has 0 aliphatic rings. The Bertz CT molecular complexity index is 602. The highest BCUT2D eigenvalue weighted by atomic mass is 35.5. The van der Waals surface area contributed by atoms with Crippen molar-refractivity contribution in [2.24, 2.45) is 0 Å². The number of carbonyl (C=O) groups is 1. The molecule has 0 aromatic carbocycles. The normalized spacial score (nSPS) is 12.3. The fourth-order valence-corrected chi connectivity index (χ4v) is 1.78. The fourth-order valence-electron chi connectivity index (χ4n) is 1.60. The van der Waals surface area contributed by atoms with E-state index in [1.807, 2.05) is 0 Å². The van der Waals surface area contributed by atoms with Gasteiger partial charge < -0.3 is 15.4 Å². The van der Waals surface area contributed by atoms with Crippen LogP contribution in [0, 0.1) is 0 Å². The molecule has 0 radical (unpaired) electrons. The molecule has 1 amide bonds. The van der Waals surface area contributed by atoms with Gasteiger partial charge in [-0.1, -0.05) is 11.6 Å². The fraction of sp³-hybridized carbons (Fsp3) is 0.455. The van der Waals surface area contributed by atoms with Crippen LogP contribution in [0.5, 0.6) is 0 Å². The molecule has 0 saturated carbocycles. The number of aromatic nitrogens is 4. The minimum Gasteiger partial charge on any atom is -0.383 e. The number of nitrogens with one attached hydrogen (secondary N) is 2. The second-order valence-corrected chi connectivity index (χ2v) is 4.47. The summed E-state index contributed by atoms with van der Waals surface area (Å²) in [6.45, 7) is 2.66.